The number of nitrogens with one attached hydrogen (secondary N) is 1. The number of carbonyl (C=O) groups is 1. The van der Waals surface area contributed by atoms with Gasteiger partial charge in [-0.3, -0.25) is 4.79 Å². The number of amides is 1. The van der Waals surface area contributed by atoms with Crippen molar-refractivity contribution < 1.29 is 9.53 Å². The zero-order valence-corrected chi connectivity index (χ0v) is 10.9. The summed E-state index contributed by atoms with van der Waals surface area (Å²) in [6, 6.07) is -0.243. The minimum Gasteiger partial charge on any atom is -0.381 e. The molecule has 0 spiro atoms. The maximum absolute atomic E-state index is 11.8. The third-order valence-corrected chi connectivity index (χ3v) is 3.80. The van der Waals surface area contributed by atoms with Crippen LogP contribution in [0, 0.1) is 11.3 Å². The normalized spacial score (nSPS) is 29.7. The van der Waals surface area contributed by atoms with Crippen molar-refractivity contribution in [1.29, 1.82) is 0 Å². The van der Waals surface area contributed by atoms with E-state index in [0.29, 0.717) is 0 Å². The van der Waals surface area contributed by atoms with Crippen molar-refractivity contribution in [2.75, 3.05) is 7.11 Å². The molecule has 1 aliphatic carbocycles. The van der Waals surface area contributed by atoms with Crippen molar-refractivity contribution in [3.63, 3.8) is 0 Å². The third kappa shape index (κ3) is 2.38. The molecule has 16 heavy (non-hydrogen) atoms. The zero-order chi connectivity index (χ0) is 12.5. The van der Waals surface area contributed by atoms with Crippen LogP contribution in [-0.2, 0) is 9.53 Å². The smallest absolute Gasteiger partial charge is 0.237 e. The van der Waals surface area contributed by atoms with Gasteiger partial charge in [0.25, 0.3) is 0 Å². The highest BCUT2D eigenvalue weighted by Crippen LogP contribution is 2.42. The number of nitrogens with two attached hydrogens (primary N) is 1. The first kappa shape index (κ1) is 13.5. The number of ether oxygens (including phenoxy) is 1. The zero-order valence-electron chi connectivity index (χ0n) is 10.9. The van der Waals surface area contributed by atoms with E-state index in [1.807, 2.05) is 13.8 Å². The molecule has 4 nitrogen and oxygen atoms in total. The summed E-state index contributed by atoms with van der Waals surface area (Å²) in [6.07, 6.45) is 1.10. The van der Waals surface area contributed by atoms with Gasteiger partial charge in [0.2, 0.25) is 5.91 Å². The van der Waals surface area contributed by atoms with Crippen LogP contribution in [0.2, 0.25) is 0 Å². The Bertz CT molecular complexity index is 264. The van der Waals surface area contributed by atoms with Gasteiger partial charge in [-0.05, 0) is 12.3 Å². The Labute approximate surface area is 97.9 Å². The van der Waals surface area contributed by atoms with E-state index in [9.17, 15) is 4.79 Å². The highest BCUT2D eigenvalue weighted by atomic mass is 16.5. The Morgan fingerprint density at radius 1 is 1.50 bits per heavy atom. The predicted octanol–water partition coefficient (Wildman–Crippen LogP) is 0.899. The second-order valence-corrected chi connectivity index (χ2v) is 5.61. The Morgan fingerprint density at radius 3 is 2.44 bits per heavy atom. The molecule has 4 heteroatoms. The predicted molar refractivity (Wildman–Crippen MR) is 63.9 cm³/mol. The molecule has 1 aliphatic rings. The molecule has 0 saturated heterocycles. The van der Waals surface area contributed by atoms with Crippen LogP contribution in [0.25, 0.3) is 0 Å². The number of carbonyl (C=O) groups excluding carboxylic acids is 1. The minimum absolute atomic E-state index is 0.00110. The van der Waals surface area contributed by atoms with Crippen LogP contribution in [0.4, 0.5) is 0 Å². The molecule has 3 atom stereocenters. The lowest BCUT2D eigenvalue weighted by Gasteiger charge is -2.51. The lowest BCUT2D eigenvalue weighted by atomic mass is 9.64. The van der Waals surface area contributed by atoms with Crippen molar-refractivity contribution in [3.8, 4) is 0 Å². The van der Waals surface area contributed by atoms with E-state index >= 15 is 0 Å². The van der Waals surface area contributed by atoms with Gasteiger partial charge < -0.3 is 15.8 Å². The van der Waals surface area contributed by atoms with Gasteiger partial charge in [0.05, 0.1) is 12.1 Å². The molecule has 0 heterocycles. The van der Waals surface area contributed by atoms with E-state index < -0.39 is 6.04 Å². The molecule has 3 N–H and O–H groups in total. The minimum atomic E-state index is -0.419. The maximum Gasteiger partial charge on any atom is 0.237 e. The SMILES string of the molecule is COC1CC(NC(=O)[C@H](N)C(C)C)C1(C)C. The fourth-order valence-corrected chi connectivity index (χ4v) is 2.10. The van der Waals surface area contributed by atoms with Crippen molar-refractivity contribution in [2.24, 2.45) is 17.1 Å². The van der Waals surface area contributed by atoms with Gasteiger partial charge in [-0.1, -0.05) is 27.7 Å². The van der Waals surface area contributed by atoms with Gasteiger partial charge >= 0.3 is 0 Å². The lowest BCUT2D eigenvalue weighted by molar-refractivity contribution is -0.134. The Hall–Kier alpha value is -0.610. The van der Waals surface area contributed by atoms with Crippen molar-refractivity contribution in [1.82, 2.24) is 5.32 Å². The van der Waals surface area contributed by atoms with Crippen LogP contribution in [0.15, 0.2) is 0 Å². The van der Waals surface area contributed by atoms with E-state index in [0.717, 1.165) is 6.42 Å². The molecule has 94 valence electrons. The van der Waals surface area contributed by atoms with E-state index in [2.05, 4.69) is 19.2 Å². The van der Waals surface area contributed by atoms with E-state index in [-0.39, 0.29) is 29.4 Å². The van der Waals surface area contributed by atoms with Gasteiger partial charge in [0.15, 0.2) is 0 Å². The van der Waals surface area contributed by atoms with E-state index in [1.54, 1.807) is 7.11 Å². The third-order valence-electron chi connectivity index (χ3n) is 3.80. The molecule has 0 bridgehead atoms. The number of rotatable bonds is 4. The number of hydrogen-bond acceptors (Lipinski definition) is 3. The Kier molecular flexibility index (Phi) is 3.97. The summed E-state index contributed by atoms with van der Waals surface area (Å²) >= 11 is 0. The average Bonchev–Trinajstić information content (AvgIpc) is 2.21. The molecule has 1 amide bonds. The summed E-state index contributed by atoms with van der Waals surface area (Å²) in [5, 5.41) is 3.01. The molecule has 0 aromatic heterocycles. The van der Waals surface area contributed by atoms with E-state index in [4.69, 9.17) is 10.5 Å². The molecule has 1 saturated carbocycles. The molecular formula is C12H24N2O2. The number of methoxy groups -OCH3 is 1. The average molecular weight is 228 g/mol. The molecule has 2 unspecified atom stereocenters. The highest BCUT2D eigenvalue weighted by Gasteiger charge is 2.49. The molecular weight excluding hydrogens is 204 g/mol. The fourth-order valence-electron chi connectivity index (χ4n) is 2.10. The van der Waals surface area contributed by atoms with Crippen LogP contribution in [-0.4, -0.2) is 31.2 Å². The summed E-state index contributed by atoms with van der Waals surface area (Å²) < 4.78 is 5.34. The Morgan fingerprint density at radius 2 is 2.06 bits per heavy atom. The van der Waals surface area contributed by atoms with Crippen LogP contribution in [0.5, 0.6) is 0 Å². The first-order valence-corrected chi connectivity index (χ1v) is 5.89. The second kappa shape index (κ2) is 4.72. The van der Waals surface area contributed by atoms with Crippen LogP contribution < -0.4 is 11.1 Å². The summed E-state index contributed by atoms with van der Waals surface area (Å²) in [5.74, 6) is 0.115. The van der Waals surface area contributed by atoms with Gasteiger partial charge in [-0.15, -0.1) is 0 Å². The highest BCUT2D eigenvalue weighted by molar-refractivity contribution is 5.82. The van der Waals surface area contributed by atoms with Crippen LogP contribution in [0.1, 0.15) is 34.1 Å². The van der Waals surface area contributed by atoms with Gasteiger partial charge in [0.1, 0.15) is 0 Å². The van der Waals surface area contributed by atoms with Crippen molar-refractivity contribution in [2.45, 2.75) is 52.3 Å². The van der Waals surface area contributed by atoms with Gasteiger partial charge in [-0.25, -0.2) is 0 Å². The molecule has 1 fully saturated rings. The summed E-state index contributed by atoms with van der Waals surface area (Å²) in [7, 11) is 1.71. The standard InChI is InChI=1S/C12H24N2O2/c1-7(2)10(13)11(15)14-8-6-9(16-5)12(8,3)4/h7-10H,6,13H2,1-5H3,(H,14,15)/t8?,9?,10-/m1/s1. The maximum atomic E-state index is 11.8. The monoisotopic (exact) mass is 228 g/mol. The van der Waals surface area contributed by atoms with Crippen molar-refractivity contribution >= 4 is 5.91 Å². The largest absolute Gasteiger partial charge is 0.381 e. The number of hydrogen-bond donors (Lipinski definition) is 2. The van der Waals surface area contributed by atoms with E-state index in [1.165, 1.54) is 0 Å². The lowest BCUT2D eigenvalue weighted by Crippen LogP contribution is -2.63. The molecule has 0 aromatic carbocycles. The topological polar surface area (TPSA) is 64.3 Å². The summed E-state index contributed by atoms with van der Waals surface area (Å²) in [4.78, 5) is 11.8. The Balaban J connectivity index is 2.49. The molecule has 1 rings (SSSR count). The summed E-state index contributed by atoms with van der Waals surface area (Å²) in [5.41, 5.74) is 5.80. The van der Waals surface area contributed by atoms with Crippen LogP contribution >= 0.6 is 0 Å². The van der Waals surface area contributed by atoms with Gasteiger partial charge in [0, 0.05) is 18.6 Å². The summed E-state index contributed by atoms with van der Waals surface area (Å²) in [6.45, 7) is 8.12. The second-order valence-electron chi connectivity index (χ2n) is 5.61. The van der Waals surface area contributed by atoms with Crippen LogP contribution in [0.3, 0.4) is 0 Å². The first-order valence-electron chi connectivity index (χ1n) is 5.89. The van der Waals surface area contributed by atoms with Gasteiger partial charge in [-0.2, -0.15) is 0 Å². The molecule has 0 aliphatic heterocycles. The molecule has 0 aromatic rings. The fraction of sp³-hybridized carbons (Fsp3) is 0.917. The molecule has 0 radical (unpaired) electrons. The first-order chi connectivity index (χ1) is 7.30. The van der Waals surface area contributed by atoms with Crippen molar-refractivity contribution in [3.05, 3.63) is 0 Å². The quantitative estimate of drug-likeness (QED) is 0.751.